The van der Waals surface area contributed by atoms with Gasteiger partial charge in [-0.15, -0.1) is 0 Å². The summed E-state index contributed by atoms with van der Waals surface area (Å²) in [5.41, 5.74) is 0.550. The first kappa shape index (κ1) is 15.5. The Hall–Kier alpha value is -1.55. The normalized spacial score (nSPS) is 12.9. The molecule has 2 N–H and O–H groups in total. The number of carbonyl (C=O) groups excluding carboxylic acids is 1. The van der Waals surface area contributed by atoms with Crippen LogP contribution in [0.15, 0.2) is 24.3 Å². The number of ether oxygens (including phenoxy) is 1. The Labute approximate surface area is 114 Å². The van der Waals surface area contributed by atoms with Gasteiger partial charge in [-0.05, 0) is 44.9 Å². The molecule has 4 nitrogen and oxygen atoms in total. The molecule has 0 aromatic heterocycles. The first-order chi connectivity index (χ1) is 8.84. The van der Waals surface area contributed by atoms with Crippen LogP contribution in [0.2, 0.25) is 0 Å². The maximum absolute atomic E-state index is 11.7. The number of rotatable bonds is 6. The van der Waals surface area contributed by atoms with Gasteiger partial charge in [0.15, 0.2) is 6.61 Å². The first-order valence-electron chi connectivity index (χ1n) is 6.56. The summed E-state index contributed by atoms with van der Waals surface area (Å²) >= 11 is 0. The van der Waals surface area contributed by atoms with Gasteiger partial charge < -0.3 is 15.2 Å². The van der Waals surface area contributed by atoms with Gasteiger partial charge >= 0.3 is 0 Å². The summed E-state index contributed by atoms with van der Waals surface area (Å²) in [7, 11) is 0. The molecule has 0 fully saturated rings. The van der Waals surface area contributed by atoms with Gasteiger partial charge in [0.1, 0.15) is 5.75 Å². The van der Waals surface area contributed by atoms with Crippen LogP contribution in [0.3, 0.4) is 0 Å². The SMILES string of the molecule is CCC(C)(C)NC(=O)COc1cccc([C@@H](C)O)c1. The van der Waals surface area contributed by atoms with Gasteiger partial charge in [-0.3, -0.25) is 4.79 Å². The number of carbonyl (C=O) groups is 1. The zero-order valence-corrected chi connectivity index (χ0v) is 12.1. The Balaban J connectivity index is 2.53. The Kier molecular flexibility index (Phi) is 5.36. The maximum Gasteiger partial charge on any atom is 0.258 e. The number of nitrogens with one attached hydrogen (secondary N) is 1. The van der Waals surface area contributed by atoms with Crippen LogP contribution in [-0.4, -0.2) is 23.2 Å². The molecule has 1 atom stereocenters. The first-order valence-corrected chi connectivity index (χ1v) is 6.56. The molecular weight excluding hydrogens is 242 g/mol. The van der Waals surface area contributed by atoms with Gasteiger partial charge in [0, 0.05) is 5.54 Å². The summed E-state index contributed by atoms with van der Waals surface area (Å²) in [6.07, 6.45) is 0.312. The molecule has 0 saturated carbocycles. The minimum absolute atomic E-state index is 0.0211. The highest BCUT2D eigenvalue weighted by molar-refractivity contribution is 5.78. The van der Waals surface area contributed by atoms with Crippen molar-refractivity contribution in [2.75, 3.05) is 6.61 Å². The van der Waals surface area contributed by atoms with Gasteiger partial charge in [0.05, 0.1) is 6.10 Å². The molecule has 4 heteroatoms. The summed E-state index contributed by atoms with van der Waals surface area (Å²) in [5, 5.41) is 12.4. The third-order valence-corrected chi connectivity index (χ3v) is 3.07. The molecule has 1 aromatic rings. The van der Waals surface area contributed by atoms with Crippen molar-refractivity contribution in [3.05, 3.63) is 29.8 Å². The average molecular weight is 265 g/mol. The van der Waals surface area contributed by atoms with Gasteiger partial charge in [0.2, 0.25) is 0 Å². The highest BCUT2D eigenvalue weighted by Crippen LogP contribution is 2.18. The summed E-state index contributed by atoms with van der Waals surface area (Å²) in [6.45, 7) is 7.63. The van der Waals surface area contributed by atoms with Crippen LogP contribution < -0.4 is 10.1 Å². The molecule has 0 spiro atoms. The lowest BCUT2D eigenvalue weighted by molar-refractivity contribution is -0.124. The summed E-state index contributed by atoms with van der Waals surface area (Å²) in [5.74, 6) is 0.442. The molecule has 0 heterocycles. The van der Waals surface area contributed by atoms with E-state index in [0.717, 1.165) is 12.0 Å². The molecule has 1 rings (SSSR count). The predicted molar refractivity (Wildman–Crippen MR) is 75.1 cm³/mol. The second-order valence-electron chi connectivity index (χ2n) is 5.32. The number of hydrogen-bond donors (Lipinski definition) is 2. The lowest BCUT2D eigenvalue weighted by atomic mass is 10.0. The largest absolute Gasteiger partial charge is 0.484 e. The van der Waals surface area contributed by atoms with Gasteiger partial charge in [-0.1, -0.05) is 19.1 Å². The third-order valence-electron chi connectivity index (χ3n) is 3.07. The lowest BCUT2D eigenvalue weighted by Crippen LogP contribution is -2.44. The third kappa shape index (κ3) is 5.30. The molecular formula is C15H23NO3. The number of aliphatic hydroxyl groups excluding tert-OH is 1. The zero-order valence-electron chi connectivity index (χ0n) is 12.1. The van der Waals surface area contributed by atoms with Crippen molar-refractivity contribution in [3.8, 4) is 5.75 Å². The number of benzene rings is 1. The van der Waals surface area contributed by atoms with Crippen LogP contribution in [0.5, 0.6) is 5.75 Å². The Bertz CT molecular complexity index is 427. The molecule has 0 aliphatic heterocycles. The fraction of sp³-hybridized carbons (Fsp3) is 0.533. The van der Waals surface area contributed by atoms with Gasteiger partial charge in [-0.2, -0.15) is 0 Å². The van der Waals surface area contributed by atoms with E-state index in [9.17, 15) is 9.90 Å². The molecule has 0 bridgehead atoms. The second kappa shape index (κ2) is 6.57. The quantitative estimate of drug-likeness (QED) is 0.830. The fourth-order valence-corrected chi connectivity index (χ4v) is 1.51. The summed E-state index contributed by atoms with van der Waals surface area (Å²) < 4.78 is 5.43. The topological polar surface area (TPSA) is 58.6 Å². The molecule has 19 heavy (non-hydrogen) atoms. The number of amides is 1. The van der Waals surface area contributed by atoms with Crippen molar-refractivity contribution in [1.29, 1.82) is 0 Å². The monoisotopic (exact) mass is 265 g/mol. The smallest absolute Gasteiger partial charge is 0.258 e. The Morgan fingerprint density at radius 3 is 2.74 bits per heavy atom. The van der Waals surface area contributed by atoms with Crippen molar-refractivity contribution >= 4 is 5.91 Å². The molecule has 0 unspecified atom stereocenters. The van der Waals surface area contributed by atoms with Crippen LogP contribution in [-0.2, 0) is 4.79 Å². The van der Waals surface area contributed by atoms with Crippen LogP contribution >= 0.6 is 0 Å². The number of hydrogen-bond acceptors (Lipinski definition) is 3. The van der Waals surface area contributed by atoms with Gasteiger partial charge in [-0.25, -0.2) is 0 Å². The zero-order chi connectivity index (χ0) is 14.5. The highest BCUT2D eigenvalue weighted by atomic mass is 16.5. The molecule has 0 aliphatic carbocycles. The van der Waals surface area contributed by atoms with Crippen molar-refractivity contribution in [3.63, 3.8) is 0 Å². The van der Waals surface area contributed by atoms with Gasteiger partial charge in [0.25, 0.3) is 5.91 Å². The molecule has 0 radical (unpaired) electrons. The van der Waals surface area contributed by atoms with E-state index >= 15 is 0 Å². The molecule has 1 aromatic carbocycles. The molecule has 106 valence electrons. The van der Waals surface area contributed by atoms with Crippen LogP contribution in [0, 0.1) is 0 Å². The van der Waals surface area contributed by atoms with E-state index in [2.05, 4.69) is 5.32 Å². The fourth-order valence-electron chi connectivity index (χ4n) is 1.51. The van der Waals surface area contributed by atoms with E-state index in [1.165, 1.54) is 0 Å². The predicted octanol–water partition coefficient (Wildman–Crippen LogP) is 2.42. The molecule has 1 amide bonds. The summed E-state index contributed by atoms with van der Waals surface area (Å²) in [4.78, 5) is 11.7. The highest BCUT2D eigenvalue weighted by Gasteiger charge is 2.17. The van der Waals surface area contributed by atoms with E-state index in [4.69, 9.17) is 4.74 Å². The standard InChI is InChI=1S/C15H23NO3/c1-5-15(3,4)16-14(18)10-19-13-8-6-7-12(9-13)11(2)17/h6-9,11,17H,5,10H2,1-4H3,(H,16,18)/t11-/m1/s1. The minimum Gasteiger partial charge on any atom is -0.484 e. The average Bonchev–Trinajstić information content (AvgIpc) is 2.36. The van der Waals surface area contributed by atoms with E-state index in [0.29, 0.717) is 5.75 Å². The van der Waals surface area contributed by atoms with Crippen molar-refractivity contribution in [2.24, 2.45) is 0 Å². The Morgan fingerprint density at radius 1 is 1.47 bits per heavy atom. The van der Waals surface area contributed by atoms with Crippen LogP contribution in [0.4, 0.5) is 0 Å². The molecule has 0 saturated heterocycles. The van der Waals surface area contributed by atoms with Crippen molar-refractivity contribution in [1.82, 2.24) is 5.32 Å². The Morgan fingerprint density at radius 2 is 2.16 bits per heavy atom. The minimum atomic E-state index is -0.545. The van der Waals surface area contributed by atoms with Crippen molar-refractivity contribution < 1.29 is 14.6 Å². The van der Waals surface area contributed by atoms with Crippen LogP contribution in [0.25, 0.3) is 0 Å². The van der Waals surface area contributed by atoms with Crippen LogP contribution in [0.1, 0.15) is 45.8 Å². The maximum atomic E-state index is 11.7. The van der Waals surface area contributed by atoms with E-state index in [1.807, 2.05) is 26.8 Å². The lowest BCUT2D eigenvalue weighted by Gasteiger charge is -2.24. The van der Waals surface area contributed by atoms with E-state index < -0.39 is 6.10 Å². The van der Waals surface area contributed by atoms with E-state index in [1.54, 1.807) is 25.1 Å². The molecule has 0 aliphatic rings. The van der Waals surface area contributed by atoms with E-state index in [-0.39, 0.29) is 18.1 Å². The number of aliphatic hydroxyl groups is 1. The summed E-state index contributed by atoms with van der Waals surface area (Å²) in [6, 6.07) is 7.12. The second-order valence-corrected chi connectivity index (χ2v) is 5.32. The van der Waals surface area contributed by atoms with Crippen molar-refractivity contribution in [2.45, 2.75) is 45.8 Å².